The van der Waals surface area contributed by atoms with Crippen LogP contribution >= 0.6 is 0 Å². The van der Waals surface area contributed by atoms with Gasteiger partial charge in [-0.3, -0.25) is 14.1 Å². The second kappa shape index (κ2) is 14.4. The van der Waals surface area contributed by atoms with Gasteiger partial charge in [0.15, 0.2) is 11.6 Å². The van der Waals surface area contributed by atoms with Crippen molar-refractivity contribution in [1.29, 1.82) is 0 Å². The van der Waals surface area contributed by atoms with E-state index < -0.39 is 0 Å². The zero-order valence-electron chi connectivity index (χ0n) is 38.2. The second-order valence-corrected chi connectivity index (χ2v) is 18.6. The van der Waals surface area contributed by atoms with Crippen LogP contribution in [0.4, 0.5) is 0 Å². The predicted octanol–water partition coefficient (Wildman–Crippen LogP) is 15.8. The van der Waals surface area contributed by atoms with E-state index >= 15 is 0 Å². The summed E-state index contributed by atoms with van der Waals surface area (Å²) in [5.74, 6) is 1.63. The SMILES string of the molecule is Cc1ccc2c(c1)c1cc(C)ccc1n2-c1nc(-n2c3ccccc3c3ccccc32)c(-n2c3ccccc3c3ccccc32)c(-c2cccnc2)c1-n1c2ccc(C)cc2c2cc(C)ccc21. The molecule has 0 spiro atoms. The van der Waals surface area contributed by atoms with E-state index in [2.05, 4.69) is 228 Å². The molecule has 0 unspecified atom stereocenters. The molecule has 8 aromatic carbocycles. The number of pyridine rings is 2. The Morgan fingerprint density at radius 3 is 0.985 bits per heavy atom. The van der Waals surface area contributed by atoms with Gasteiger partial charge < -0.3 is 9.13 Å². The summed E-state index contributed by atoms with van der Waals surface area (Å²) in [5, 5.41) is 9.47. The zero-order chi connectivity index (χ0) is 45.4. The first-order valence-electron chi connectivity index (χ1n) is 23.4. The van der Waals surface area contributed by atoms with Gasteiger partial charge in [-0.25, -0.2) is 4.98 Å². The molecule has 0 fully saturated rings. The highest BCUT2D eigenvalue weighted by Crippen LogP contribution is 2.49. The molecule has 6 heterocycles. The molecule has 6 aromatic heterocycles. The fraction of sp³-hybridized carbons (Fsp3) is 0.0645. The van der Waals surface area contributed by atoms with Crippen LogP contribution in [0.1, 0.15) is 22.3 Å². The highest BCUT2D eigenvalue weighted by molar-refractivity contribution is 6.16. The lowest BCUT2D eigenvalue weighted by Crippen LogP contribution is -2.16. The maximum atomic E-state index is 6.33. The van der Waals surface area contributed by atoms with Crippen molar-refractivity contribution in [2.24, 2.45) is 0 Å². The van der Waals surface area contributed by atoms with Crippen molar-refractivity contribution in [2.75, 3.05) is 0 Å². The summed E-state index contributed by atoms with van der Waals surface area (Å²) in [6.07, 6.45) is 3.92. The number of benzene rings is 8. The van der Waals surface area contributed by atoms with Gasteiger partial charge in [-0.2, -0.15) is 0 Å². The first-order valence-corrected chi connectivity index (χ1v) is 23.4. The molecule has 0 N–H and O–H groups in total. The minimum atomic E-state index is 0.813. The molecule has 0 aliphatic rings. The smallest absolute Gasteiger partial charge is 0.165 e. The molecule has 68 heavy (non-hydrogen) atoms. The lowest BCUT2D eigenvalue weighted by atomic mass is 10.0. The van der Waals surface area contributed by atoms with Crippen LogP contribution in [0.3, 0.4) is 0 Å². The molecule has 0 aliphatic carbocycles. The number of aryl methyl sites for hydroxylation is 4. The van der Waals surface area contributed by atoms with Gasteiger partial charge in [0.25, 0.3) is 0 Å². The number of nitrogens with zero attached hydrogens (tertiary/aromatic N) is 6. The van der Waals surface area contributed by atoms with Gasteiger partial charge in [0, 0.05) is 66.6 Å². The molecule has 6 nitrogen and oxygen atoms in total. The maximum Gasteiger partial charge on any atom is 0.165 e. The molecule has 14 rings (SSSR count). The zero-order valence-corrected chi connectivity index (χ0v) is 38.2. The van der Waals surface area contributed by atoms with E-state index in [1.165, 1.54) is 65.3 Å². The Morgan fingerprint density at radius 1 is 0.309 bits per heavy atom. The Morgan fingerprint density at radius 2 is 0.632 bits per heavy atom. The minimum absolute atomic E-state index is 0.813. The molecule has 322 valence electrons. The van der Waals surface area contributed by atoms with Crippen LogP contribution < -0.4 is 0 Å². The molecule has 0 atom stereocenters. The van der Waals surface area contributed by atoms with Crippen LogP contribution in [0.5, 0.6) is 0 Å². The van der Waals surface area contributed by atoms with Crippen LogP contribution in [0.15, 0.2) is 194 Å². The van der Waals surface area contributed by atoms with Crippen molar-refractivity contribution in [3.8, 4) is 34.1 Å². The Labute approximate surface area is 392 Å². The molecule has 14 aromatic rings. The molecule has 0 amide bonds. The summed E-state index contributed by atoms with van der Waals surface area (Å²) in [6, 6.07) is 67.0. The lowest BCUT2D eigenvalue weighted by molar-refractivity contribution is 0.960. The van der Waals surface area contributed by atoms with Crippen LogP contribution in [-0.2, 0) is 0 Å². The van der Waals surface area contributed by atoms with E-state index in [0.29, 0.717) is 0 Å². The number of rotatable bonds is 5. The van der Waals surface area contributed by atoms with Crippen molar-refractivity contribution in [3.05, 3.63) is 217 Å². The van der Waals surface area contributed by atoms with E-state index in [9.17, 15) is 0 Å². The molecule has 0 aliphatic heterocycles. The van der Waals surface area contributed by atoms with Crippen LogP contribution in [-0.4, -0.2) is 28.2 Å². The summed E-state index contributed by atoms with van der Waals surface area (Å²) in [6.45, 7) is 8.75. The Hall–Kier alpha value is -8.74. The fourth-order valence-corrected chi connectivity index (χ4v) is 11.3. The summed E-state index contributed by atoms with van der Waals surface area (Å²) < 4.78 is 9.83. The van der Waals surface area contributed by atoms with Crippen LogP contribution in [0, 0.1) is 27.7 Å². The van der Waals surface area contributed by atoms with Crippen LogP contribution in [0.25, 0.3) is 121 Å². The third kappa shape index (κ3) is 5.40. The van der Waals surface area contributed by atoms with E-state index in [1.807, 2.05) is 12.4 Å². The van der Waals surface area contributed by atoms with E-state index in [0.717, 1.165) is 78.3 Å². The lowest BCUT2D eigenvalue weighted by Gasteiger charge is -2.26. The van der Waals surface area contributed by atoms with Crippen molar-refractivity contribution in [3.63, 3.8) is 0 Å². The van der Waals surface area contributed by atoms with Crippen LogP contribution in [0.2, 0.25) is 0 Å². The van der Waals surface area contributed by atoms with Crippen molar-refractivity contribution < 1.29 is 0 Å². The van der Waals surface area contributed by atoms with E-state index in [1.54, 1.807) is 0 Å². The van der Waals surface area contributed by atoms with Gasteiger partial charge in [-0.1, -0.05) is 125 Å². The number of para-hydroxylation sites is 4. The molecule has 0 radical (unpaired) electrons. The fourth-order valence-electron chi connectivity index (χ4n) is 11.3. The van der Waals surface area contributed by atoms with Gasteiger partial charge in [0.05, 0.1) is 44.1 Å². The first-order chi connectivity index (χ1) is 33.4. The summed E-state index contributed by atoms with van der Waals surface area (Å²) in [4.78, 5) is 11.3. The minimum Gasteiger partial charge on any atom is -0.305 e. The average Bonchev–Trinajstić information content (AvgIpc) is 4.08. The predicted molar refractivity (Wildman–Crippen MR) is 284 cm³/mol. The number of fused-ring (bicyclic) bond motifs is 12. The standard InChI is InChI=1S/C62H44N6/c1-37-23-27-54-46(32-37)47-33-38(2)24-28-55(47)66(54)60-58(41-14-13-31-63-36-41)59(65-50-19-9-5-15-42(50)43-16-6-10-20-51(43)65)61(67-52-21-11-7-17-44(52)45-18-8-12-22-53(45)67)64-62(60)68-56-29-25-39(3)34-48(56)49-35-40(4)26-30-57(49)68/h5-36H,1-4H3. The molecule has 0 bridgehead atoms. The number of hydrogen-bond acceptors (Lipinski definition) is 2. The second-order valence-electron chi connectivity index (χ2n) is 18.6. The molecule has 0 saturated carbocycles. The third-order valence-corrected chi connectivity index (χ3v) is 14.2. The van der Waals surface area contributed by atoms with E-state index in [4.69, 9.17) is 9.97 Å². The van der Waals surface area contributed by atoms with Gasteiger partial charge in [0.2, 0.25) is 0 Å². The maximum absolute atomic E-state index is 6.33. The quantitative estimate of drug-likeness (QED) is 0.173. The monoisotopic (exact) mass is 872 g/mol. The van der Waals surface area contributed by atoms with Crippen molar-refractivity contribution >= 4 is 87.2 Å². The van der Waals surface area contributed by atoms with Gasteiger partial charge in [-0.05, 0) is 107 Å². The molecule has 0 saturated heterocycles. The third-order valence-electron chi connectivity index (χ3n) is 14.2. The van der Waals surface area contributed by atoms with Gasteiger partial charge in [-0.15, -0.1) is 0 Å². The Kier molecular flexibility index (Phi) is 8.15. The number of aromatic nitrogens is 6. The van der Waals surface area contributed by atoms with Crippen molar-refractivity contribution in [1.82, 2.24) is 28.2 Å². The number of hydrogen-bond donors (Lipinski definition) is 0. The summed E-state index contributed by atoms with van der Waals surface area (Å²) in [5.41, 5.74) is 17.5. The highest BCUT2D eigenvalue weighted by Gasteiger charge is 2.32. The van der Waals surface area contributed by atoms with Gasteiger partial charge >= 0.3 is 0 Å². The summed E-state index contributed by atoms with van der Waals surface area (Å²) in [7, 11) is 0. The van der Waals surface area contributed by atoms with E-state index in [-0.39, 0.29) is 0 Å². The normalized spacial score (nSPS) is 12.1. The largest absolute Gasteiger partial charge is 0.305 e. The highest BCUT2D eigenvalue weighted by atomic mass is 15.2. The summed E-state index contributed by atoms with van der Waals surface area (Å²) >= 11 is 0. The van der Waals surface area contributed by atoms with Gasteiger partial charge in [0.1, 0.15) is 11.4 Å². The Balaban J connectivity index is 1.33. The molecular weight excluding hydrogens is 829 g/mol. The average molecular weight is 873 g/mol. The van der Waals surface area contributed by atoms with Crippen molar-refractivity contribution in [2.45, 2.75) is 27.7 Å². The Bertz CT molecular complexity index is 4200. The molecular formula is C62H44N6. The topological polar surface area (TPSA) is 45.5 Å². The molecule has 6 heteroatoms. The first kappa shape index (κ1) is 38.5.